The molecular weight excluding hydrogens is 250 g/mol. The van der Waals surface area contributed by atoms with Gasteiger partial charge in [0, 0.05) is 4.88 Å². The number of thiophene rings is 1. The maximum atomic E-state index is 6.62. The van der Waals surface area contributed by atoms with Crippen molar-refractivity contribution in [2.24, 2.45) is 17.6 Å². The second kappa shape index (κ2) is 5.29. The van der Waals surface area contributed by atoms with Crippen molar-refractivity contribution in [1.82, 2.24) is 0 Å². The van der Waals surface area contributed by atoms with E-state index in [9.17, 15) is 0 Å². The summed E-state index contributed by atoms with van der Waals surface area (Å²) in [6, 6.07) is 1.97. The molecule has 1 aliphatic carbocycles. The Hall–Kier alpha value is -0.0500. The molecule has 2 rings (SSSR count). The fourth-order valence-corrected chi connectivity index (χ4v) is 4.55. The lowest BCUT2D eigenvalue weighted by Gasteiger charge is -2.38. The molecule has 3 heteroatoms. The molecule has 2 N–H and O–H groups in total. The van der Waals surface area contributed by atoms with Gasteiger partial charge in [-0.1, -0.05) is 38.3 Å². The molecule has 2 atom stereocenters. The normalized spacial score (nSPS) is 29.8. The maximum Gasteiger partial charge on any atom is 0.0564 e. The van der Waals surface area contributed by atoms with Crippen LogP contribution in [0.1, 0.15) is 50.8 Å². The summed E-state index contributed by atoms with van der Waals surface area (Å²) in [7, 11) is 0. The first-order valence-electron chi connectivity index (χ1n) is 6.53. The number of rotatable bonds is 3. The Kier molecular flexibility index (Phi) is 4.17. The lowest BCUT2D eigenvalue weighted by molar-refractivity contribution is 0.205. The molecule has 1 aromatic rings. The van der Waals surface area contributed by atoms with E-state index in [2.05, 4.69) is 19.2 Å². The summed E-state index contributed by atoms with van der Waals surface area (Å²) < 4.78 is 0. The minimum atomic E-state index is -0.164. The lowest BCUT2D eigenvalue weighted by Crippen LogP contribution is -2.41. The molecule has 96 valence electrons. The number of nitrogens with two attached hydrogens (primary N) is 1. The first kappa shape index (κ1) is 13.4. The molecule has 0 aromatic carbocycles. The predicted molar refractivity (Wildman–Crippen MR) is 76.6 cm³/mol. The van der Waals surface area contributed by atoms with Gasteiger partial charge in [-0.2, -0.15) is 0 Å². The van der Waals surface area contributed by atoms with Crippen LogP contribution in [-0.2, 0) is 5.54 Å². The van der Waals surface area contributed by atoms with Gasteiger partial charge in [-0.25, -0.2) is 0 Å². The maximum absolute atomic E-state index is 6.62. The topological polar surface area (TPSA) is 26.0 Å². The van der Waals surface area contributed by atoms with Gasteiger partial charge in [-0.15, -0.1) is 11.3 Å². The Morgan fingerprint density at radius 3 is 2.94 bits per heavy atom. The summed E-state index contributed by atoms with van der Waals surface area (Å²) in [5, 5.41) is 2.92. The van der Waals surface area contributed by atoms with Crippen LogP contribution in [0.15, 0.2) is 11.4 Å². The van der Waals surface area contributed by atoms with Crippen LogP contribution < -0.4 is 5.73 Å². The van der Waals surface area contributed by atoms with E-state index < -0.39 is 0 Å². The molecule has 0 radical (unpaired) electrons. The van der Waals surface area contributed by atoms with E-state index in [0.717, 1.165) is 29.7 Å². The Balaban J connectivity index is 2.12. The van der Waals surface area contributed by atoms with Gasteiger partial charge in [-0.05, 0) is 42.5 Å². The zero-order valence-electron chi connectivity index (χ0n) is 10.7. The lowest BCUT2D eigenvalue weighted by atomic mass is 9.73. The molecule has 1 aromatic heterocycles. The standard InChI is InChI=1S/C14H22ClNS/c1-10(2)8-11-4-3-6-14(16,9-11)13-12(15)5-7-17-13/h5,7,10-11H,3-4,6,8-9,16H2,1-2H3. The van der Waals surface area contributed by atoms with Crippen LogP contribution in [-0.4, -0.2) is 0 Å². The van der Waals surface area contributed by atoms with E-state index in [1.807, 2.05) is 6.07 Å². The summed E-state index contributed by atoms with van der Waals surface area (Å²) >= 11 is 7.97. The number of hydrogen-bond donors (Lipinski definition) is 1. The van der Waals surface area contributed by atoms with Crippen molar-refractivity contribution in [2.45, 2.75) is 51.5 Å². The number of halogens is 1. The minimum Gasteiger partial charge on any atom is -0.321 e. The largest absolute Gasteiger partial charge is 0.321 e. The predicted octanol–water partition coefficient (Wildman–Crippen LogP) is 4.79. The number of hydrogen-bond acceptors (Lipinski definition) is 2. The van der Waals surface area contributed by atoms with Crippen LogP contribution in [0.4, 0.5) is 0 Å². The summed E-state index contributed by atoms with van der Waals surface area (Å²) in [6.45, 7) is 4.59. The minimum absolute atomic E-state index is 0.164. The average Bonchev–Trinajstić information content (AvgIpc) is 2.64. The monoisotopic (exact) mass is 271 g/mol. The fraction of sp³-hybridized carbons (Fsp3) is 0.714. The molecule has 0 aliphatic heterocycles. The molecule has 1 aliphatic rings. The zero-order chi connectivity index (χ0) is 12.5. The fourth-order valence-electron chi connectivity index (χ4n) is 3.15. The van der Waals surface area contributed by atoms with E-state index in [1.165, 1.54) is 24.1 Å². The van der Waals surface area contributed by atoms with Crippen molar-refractivity contribution in [3.05, 3.63) is 21.3 Å². The Morgan fingerprint density at radius 2 is 2.35 bits per heavy atom. The third kappa shape index (κ3) is 3.04. The van der Waals surface area contributed by atoms with E-state index in [1.54, 1.807) is 11.3 Å². The second-order valence-electron chi connectivity index (χ2n) is 5.85. The van der Waals surface area contributed by atoms with Crippen molar-refractivity contribution < 1.29 is 0 Å². The molecule has 0 bridgehead atoms. The highest BCUT2D eigenvalue weighted by molar-refractivity contribution is 7.10. The SMILES string of the molecule is CC(C)CC1CCCC(N)(c2sccc2Cl)C1. The summed E-state index contributed by atoms with van der Waals surface area (Å²) in [5.74, 6) is 1.54. The third-order valence-electron chi connectivity index (χ3n) is 3.76. The van der Waals surface area contributed by atoms with Gasteiger partial charge in [-0.3, -0.25) is 0 Å². The van der Waals surface area contributed by atoms with Gasteiger partial charge in [0.15, 0.2) is 0 Å². The molecule has 1 saturated carbocycles. The molecule has 0 saturated heterocycles. The highest BCUT2D eigenvalue weighted by atomic mass is 35.5. The van der Waals surface area contributed by atoms with Gasteiger partial charge in [0.1, 0.15) is 0 Å². The summed E-state index contributed by atoms with van der Waals surface area (Å²) in [6.07, 6.45) is 6.05. The van der Waals surface area contributed by atoms with Crippen molar-refractivity contribution in [2.75, 3.05) is 0 Å². The van der Waals surface area contributed by atoms with Gasteiger partial charge < -0.3 is 5.73 Å². The molecule has 0 spiro atoms. The Bertz CT molecular complexity index is 374. The average molecular weight is 272 g/mol. The van der Waals surface area contributed by atoms with Crippen molar-refractivity contribution >= 4 is 22.9 Å². The molecule has 0 amide bonds. The van der Waals surface area contributed by atoms with E-state index in [4.69, 9.17) is 17.3 Å². The van der Waals surface area contributed by atoms with Gasteiger partial charge in [0.2, 0.25) is 0 Å². The highest BCUT2D eigenvalue weighted by Crippen LogP contribution is 2.44. The van der Waals surface area contributed by atoms with Crippen LogP contribution in [0.25, 0.3) is 0 Å². The van der Waals surface area contributed by atoms with Crippen molar-refractivity contribution in [1.29, 1.82) is 0 Å². The summed E-state index contributed by atoms with van der Waals surface area (Å²) in [4.78, 5) is 1.20. The quantitative estimate of drug-likeness (QED) is 0.840. The third-order valence-corrected chi connectivity index (χ3v) is 5.32. The summed E-state index contributed by atoms with van der Waals surface area (Å²) in [5.41, 5.74) is 6.45. The van der Waals surface area contributed by atoms with Crippen LogP contribution >= 0.6 is 22.9 Å². The highest BCUT2D eigenvalue weighted by Gasteiger charge is 2.36. The van der Waals surface area contributed by atoms with Crippen molar-refractivity contribution in [3.63, 3.8) is 0 Å². The molecular formula is C14H22ClNS. The molecule has 1 heterocycles. The van der Waals surface area contributed by atoms with Crippen LogP contribution in [0, 0.1) is 11.8 Å². The van der Waals surface area contributed by atoms with E-state index in [0.29, 0.717) is 0 Å². The van der Waals surface area contributed by atoms with Gasteiger partial charge >= 0.3 is 0 Å². The van der Waals surface area contributed by atoms with Crippen LogP contribution in [0.3, 0.4) is 0 Å². The van der Waals surface area contributed by atoms with Crippen molar-refractivity contribution in [3.8, 4) is 0 Å². The van der Waals surface area contributed by atoms with E-state index in [-0.39, 0.29) is 5.54 Å². The molecule has 2 unspecified atom stereocenters. The Morgan fingerprint density at radius 1 is 1.59 bits per heavy atom. The first-order chi connectivity index (χ1) is 8.01. The molecule has 17 heavy (non-hydrogen) atoms. The van der Waals surface area contributed by atoms with Gasteiger partial charge in [0.25, 0.3) is 0 Å². The smallest absolute Gasteiger partial charge is 0.0564 e. The first-order valence-corrected chi connectivity index (χ1v) is 7.79. The van der Waals surface area contributed by atoms with E-state index >= 15 is 0 Å². The Labute approximate surface area is 113 Å². The van der Waals surface area contributed by atoms with Gasteiger partial charge in [0.05, 0.1) is 10.6 Å². The molecule has 1 nitrogen and oxygen atoms in total. The van der Waals surface area contributed by atoms with Crippen LogP contribution in [0.2, 0.25) is 5.02 Å². The second-order valence-corrected chi connectivity index (χ2v) is 7.17. The zero-order valence-corrected chi connectivity index (χ0v) is 12.3. The van der Waals surface area contributed by atoms with Crippen LogP contribution in [0.5, 0.6) is 0 Å². The molecule has 1 fully saturated rings.